The largest absolute Gasteiger partial charge is 0.384 e. The first-order valence-corrected chi connectivity index (χ1v) is 6.74. The number of aliphatic hydroxyl groups excluding tert-OH is 1. The number of methoxy groups -OCH3 is 2. The Morgan fingerprint density at radius 1 is 1.33 bits per heavy atom. The highest BCUT2D eigenvalue weighted by Crippen LogP contribution is 2.18. The van der Waals surface area contributed by atoms with Crippen molar-refractivity contribution in [2.45, 2.75) is 12.2 Å². The van der Waals surface area contributed by atoms with Crippen molar-refractivity contribution < 1.29 is 19.4 Å². The number of carbonyl (C=O) groups is 1. The highest BCUT2D eigenvalue weighted by Gasteiger charge is 2.35. The van der Waals surface area contributed by atoms with Crippen LogP contribution in [-0.4, -0.2) is 62.0 Å². The monoisotopic (exact) mass is 289 g/mol. The molecule has 1 aromatic rings. The minimum absolute atomic E-state index is 0.0655. The molecule has 2 unspecified atom stereocenters. The molecule has 1 aliphatic rings. The summed E-state index contributed by atoms with van der Waals surface area (Å²) in [5.74, 6) is 5.31. The average Bonchev–Trinajstić information content (AvgIpc) is 2.95. The zero-order valence-corrected chi connectivity index (χ0v) is 12.2. The van der Waals surface area contributed by atoms with Gasteiger partial charge in [0.15, 0.2) is 0 Å². The Morgan fingerprint density at radius 2 is 2.00 bits per heavy atom. The summed E-state index contributed by atoms with van der Waals surface area (Å²) in [6.07, 6.45) is -0.201. The second kappa shape index (κ2) is 7.23. The first-order chi connectivity index (χ1) is 10.2. The average molecular weight is 289 g/mol. The molecule has 1 aromatic carbocycles. The van der Waals surface area contributed by atoms with E-state index >= 15 is 0 Å². The molecule has 1 fully saturated rings. The molecule has 112 valence electrons. The van der Waals surface area contributed by atoms with E-state index in [1.165, 1.54) is 0 Å². The van der Waals surface area contributed by atoms with Gasteiger partial charge in [0.1, 0.15) is 18.8 Å². The fourth-order valence-corrected chi connectivity index (χ4v) is 2.42. The van der Waals surface area contributed by atoms with Crippen molar-refractivity contribution in [3.05, 3.63) is 35.4 Å². The molecule has 0 saturated carbocycles. The van der Waals surface area contributed by atoms with Crippen molar-refractivity contribution in [2.75, 3.05) is 33.9 Å². The van der Waals surface area contributed by atoms with E-state index in [1.807, 2.05) is 0 Å². The van der Waals surface area contributed by atoms with Crippen molar-refractivity contribution in [2.24, 2.45) is 0 Å². The summed E-state index contributed by atoms with van der Waals surface area (Å²) in [5, 5.41) is 8.71. The quantitative estimate of drug-likeness (QED) is 0.824. The van der Waals surface area contributed by atoms with Crippen molar-refractivity contribution in [1.82, 2.24) is 4.90 Å². The Morgan fingerprint density at radius 3 is 2.57 bits per heavy atom. The lowest BCUT2D eigenvalue weighted by molar-refractivity contribution is -0.00461. The smallest absolute Gasteiger partial charge is 0.254 e. The lowest BCUT2D eigenvalue weighted by Crippen LogP contribution is -2.30. The summed E-state index contributed by atoms with van der Waals surface area (Å²) in [5.41, 5.74) is 1.28. The van der Waals surface area contributed by atoms with E-state index in [-0.39, 0.29) is 24.7 Å². The Bertz CT molecular complexity index is 549. The molecule has 1 heterocycles. The van der Waals surface area contributed by atoms with Crippen LogP contribution < -0.4 is 0 Å². The molecule has 2 rings (SSSR count). The Balaban J connectivity index is 2.13. The van der Waals surface area contributed by atoms with E-state index in [2.05, 4.69) is 11.8 Å². The van der Waals surface area contributed by atoms with Gasteiger partial charge < -0.3 is 19.5 Å². The minimum Gasteiger partial charge on any atom is -0.384 e. The van der Waals surface area contributed by atoms with Crippen LogP contribution in [-0.2, 0) is 9.47 Å². The summed E-state index contributed by atoms with van der Waals surface area (Å²) >= 11 is 0. The summed E-state index contributed by atoms with van der Waals surface area (Å²) < 4.78 is 10.7. The zero-order chi connectivity index (χ0) is 15.2. The molecule has 0 aromatic heterocycles. The van der Waals surface area contributed by atoms with Crippen LogP contribution in [0, 0.1) is 11.8 Å². The van der Waals surface area contributed by atoms with Crippen LogP contribution in [0.1, 0.15) is 15.9 Å². The second-order valence-corrected chi connectivity index (χ2v) is 4.80. The molecule has 0 aliphatic carbocycles. The van der Waals surface area contributed by atoms with Crippen molar-refractivity contribution in [3.63, 3.8) is 0 Å². The maximum Gasteiger partial charge on any atom is 0.254 e. The van der Waals surface area contributed by atoms with Crippen molar-refractivity contribution in [3.8, 4) is 11.8 Å². The van der Waals surface area contributed by atoms with Crippen LogP contribution >= 0.6 is 0 Å². The number of amides is 1. The third kappa shape index (κ3) is 3.61. The molecule has 1 aliphatic heterocycles. The molecular weight excluding hydrogens is 270 g/mol. The number of rotatable bonds is 3. The van der Waals surface area contributed by atoms with E-state index in [0.29, 0.717) is 24.2 Å². The van der Waals surface area contributed by atoms with Crippen LogP contribution in [0.3, 0.4) is 0 Å². The van der Waals surface area contributed by atoms with Gasteiger partial charge in [0.05, 0.1) is 0 Å². The lowest BCUT2D eigenvalue weighted by atomic mass is 10.1. The van der Waals surface area contributed by atoms with Gasteiger partial charge in [0.25, 0.3) is 5.91 Å². The van der Waals surface area contributed by atoms with Gasteiger partial charge in [-0.15, -0.1) is 0 Å². The van der Waals surface area contributed by atoms with E-state index in [1.54, 1.807) is 43.4 Å². The lowest BCUT2D eigenvalue weighted by Gasteiger charge is -2.15. The SMILES string of the molecule is COC1CN(C(=O)c2cccc(C#CCO)c2)CC1OC. The van der Waals surface area contributed by atoms with Gasteiger partial charge in [-0.25, -0.2) is 0 Å². The normalized spacial score (nSPS) is 21.0. The van der Waals surface area contributed by atoms with E-state index in [0.717, 1.165) is 0 Å². The van der Waals surface area contributed by atoms with Gasteiger partial charge in [0, 0.05) is 38.4 Å². The van der Waals surface area contributed by atoms with Gasteiger partial charge in [-0.1, -0.05) is 17.9 Å². The van der Waals surface area contributed by atoms with Gasteiger partial charge >= 0.3 is 0 Å². The minimum atomic E-state index is -0.199. The molecule has 5 heteroatoms. The van der Waals surface area contributed by atoms with Crippen LogP contribution in [0.5, 0.6) is 0 Å². The Kier molecular flexibility index (Phi) is 5.34. The van der Waals surface area contributed by atoms with Crippen LogP contribution in [0.15, 0.2) is 24.3 Å². The Labute approximate surface area is 124 Å². The molecular formula is C16H19NO4. The highest BCUT2D eigenvalue weighted by molar-refractivity contribution is 5.94. The molecule has 5 nitrogen and oxygen atoms in total. The first-order valence-electron chi connectivity index (χ1n) is 6.74. The van der Waals surface area contributed by atoms with E-state index in [4.69, 9.17) is 14.6 Å². The molecule has 1 amide bonds. The molecule has 0 bridgehead atoms. The number of hydrogen-bond donors (Lipinski definition) is 1. The maximum absolute atomic E-state index is 12.5. The fraction of sp³-hybridized carbons (Fsp3) is 0.438. The van der Waals surface area contributed by atoms with Crippen LogP contribution in [0.2, 0.25) is 0 Å². The predicted molar refractivity (Wildman–Crippen MR) is 77.9 cm³/mol. The van der Waals surface area contributed by atoms with E-state index in [9.17, 15) is 4.79 Å². The van der Waals surface area contributed by atoms with Gasteiger partial charge in [0.2, 0.25) is 0 Å². The summed E-state index contributed by atoms with van der Waals surface area (Å²) in [6.45, 7) is 0.829. The van der Waals surface area contributed by atoms with Crippen LogP contribution in [0.4, 0.5) is 0 Å². The number of aliphatic hydroxyl groups is 1. The van der Waals surface area contributed by atoms with Crippen molar-refractivity contribution in [1.29, 1.82) is 0 Å². The number of benzene rings is 1. The highest BCUT2D eigenvalue weighted by atomic mass is 16.5. The molecule has 0 spiro atoms. The van der Waals surface area contributed by atoms with Gasteiger partial charge in [-0.2, -0.15) is 0 Å². The van der Waals surface area contributed by atoms with Crippen LogP contribution in [0.25, 0.3) is 0 Å². The second-order valence-electron chi connectivity index (χ2n) is 4.80. The summed E-state index contributed by atoms with van der Waals surface area (Å²) in [6, 6.07) is 7.08. The predicted octanol–water partition coefficient (Wildman–Crippen LogP) is 0.516. The number of likely N-dealkylation sites (tertiary alicyclic amines) is 1. The van der Waals surface area contributed by atoms with Gasteiger partial charge in [-0.3, -0.25) is 4.79 Å². The van der Waals surface area contributed by atoms with Crippen molar-refractivity contribution >= 4 is 5.91 Å². The number of hydrogen-bond acceptors (Lipinski definition) is 4. The first kappa shape index (κ1) is 15.5. The topological polar surface area (TPSA) is 59.0 Å². The number of ether oxygens (including phenoxy) is 2. The summed E-state index contributed by atoms with van der Waals surface area (Å²) in [7, 11) is 3.24. The summed E-state index contributed by atoms with van der Waals surface area (Å²) in [4.78, 5) is 14.2. The molecule has 2 atom stereocenters. The zero-order valence-electron chi connectivity index (χ0n) is 12.2. The standard InChI is InChI=1S/C16H19NO4/c1-20-14-10-17(11-15(14)21-2)16(19)13-7-3-5-12(9-13)6-4-8-18/h3,5,7,9,14-15,18H,8,10-11H2,1-2H3. The third-order valence-corrected chi connectivity index (χ3v) is 3.53. The number of carbonyl (C=O) groups excluding carboxylic acids is 1. The Hall–Kier alpha value is -1.87. The fourth-order valence-electron chi connectivity index (χ4n) is 2.42. The molecule has 1 saturated heterocycles. The maximum atomic E-state index is 12.5. The third-order valence-electron chi connectivity index (χ3n) is 3.53. The molecule has 0 radical (unpaired) electrons. The van der Waals surface area contributed by atoms with E-state index < -0.39 is 0 Å². The molecule has 1 N–H and O–H groups in total. The van der Waals surface area contributed by atoms with Gasteiger partial charge in [-0.05, 0) is 18.2 Å². The number of nitrogens with zero attached hydrogens (tertiary/aromatic N) is 1. The molecule has 21 heavy (non-hydrogen) atoms.